The van der Waals surface area contributed by atoms with Crippen molar-refractivity contribution >= 4 is 23.2 Å². The van der Waals surface area contributed by atoms with Crippen molar-refractivity contribution in [1.82, 2.24) is 4.98 Å². The number of nitrogens with two attached hydrogens (primary N) is 1. The Morgan fingerprint density at radius 2 is 1.78 bits per heavy atom. The van der Waals surface area contributed by atoms with E-state index in [-0.39, 0.29) is 16.1 Å². The van der Waals surface area contributed by atoms with E-state index in [0.29, 0.717) is 5.69 Å². The van der Waals surface area contributed by atoms with Crippen molar-refractivity contribution in [3.63, 3.8) is 0 Å². The molecular formula is C14H11F3N2O3S. The maximum Gasteiger partial charge on any atom is 0.432 e. The average Bonchev–Trinajstić information content (AvgIpc) is 2.89. The zero-order valence-electron chi connectivity index (χ0n) is 11.8. The predicted octanol–water partition coefficient (Wildman–Crippen LogP) is 3.01. The lowest BCUT2D eigenvalue weighted by atomic mass is 10.1. The van der Waals surface area contributed by atoms with Gasteiger partial charge in [0, 0.05) is 16.6 Å². The summed E-state index contributed by atoms with van der Waals surface area (Å²) in [6.45, 7) is 1.54. The summed E-state index contributed by atoms with van der Waals surface area (Å²) >= 11 is 0.759. The average molecular weight is 344 g/mol. The van der Waals surface area contributed by atoms with Crippen LogP contribution >= 0.6 is 11.3 Å². The third-order valence-electron chi connectivity index (χ3n) is 2.79. The number of halogens is 3. The number of benzene rings is 1. The molecular weight excluding hydrogens is 333 g/mol. The molecule has 0 fully saturated rings. The van der Waals surface area contributed by atoms with Gasteiger partial charge >= 0.3 is 12.1 Å². The number of thiazole rings is 1. The molecule has 2 rings (SSSR count). The summed E-state index contributed by atoms with van der Waals surface area (Å²) in [5.74, 6) is -1.88. The highest BCUT2D eigenvalue weighted by Crippen LogP contribution is 2.37. The lowest BCUT2D eigenvalue weighted by Gasteiger charge is -2.18. The van der Waals surface area contributed by atoms with Gasteiger partial charge in [-0.1, -0.05) is 0 Å². The molecule has 0 spiro atoms. The van der Waals surface area contributed by atoms with Gasteiger partial charge in [0.15, 0.2) is 0 Å². The van der Waals surface area contributed by atoms with Gasteiger partial charge < -0.3 is 10.5 Å². The molecule has 0 unspecified atom stereocenters. The molecule has 0 aliphatic rings. The molecule has 9 heteroatoms. The molecule has 1 aromatic carbocycles. The minimum atomic E-state index is -4.78. The summed E-state index contributed by atoms with van der Waals surface area (Å²) in [5, 5.41) is 1.08. The number of nitrogens with zero attached hydrogens (tertiary/aromatic N) is 1. The maximum absolute atomic E-state index is 13.1. The first-order chi connectivity index (χ1) is 10.7. The lowest BCUT2D eigenvalue weighted by Crippen LogP contribution is -2.26. The van der Waals surface area contributed by atoms with E-state index in [1.54, 1.807) is 0 Å². The van der Waals surface area contributed by atoms with Crippen LogP contribution in [0.2, 0.25) is 0 Å². The highest BCUT2D eigenvalue weighted by atomic mass is 32.1. The minimum absolute atomic E-state index is 0.127. The molecule has 122 valence electrons. The van der Waals surface area contributed by atoms with E-state index in [9.17, 15) is 22.8 Å². The van der Waals surface area contributed by atoms with E-state index in [0.717, 1.165) is 11.3 Å². The van der Waals surface area contributed by atoms with Crippen LogP contribution in [0.15, 0.2) is 29.6 Å². The number of ether oxygens (including phenoxy) is 1. The molecule has 0 saturated carbocycles. The zero-order valence-corrected chi connectivity index (χ0v) is 12.6. The van der Waals surface area contributed by atoms with E-state index in [2.05, 4.69) is 9.72 Å². The second kappa shape index (κ2) is 6.37. The van der Waals surface area contributed by atoms with Gasteiger partial charge in [0.1, 0.15) is 5.01 Å². The van der Waals surface area contributed by atoms with Crippen LogP contribution in [0.3, 0.4) is 0 Å². The summed E-state index contributed by atoms with van der Waals surface area (Å²) in [4.78, 5) is 26.6. The molecule has 0 saturated heterocycles. The van der Waals surface area contributed by atoms with Gasteiger partial charge in [-0.25, -0.2) is 9.78 Å². The summed E-state index contributed by atoms with van der Waals surface area (Å²) < 4.78 is 43.8. The van der Waals surface area contributed by atoms with Crippen LogP contribution in [0.4, 0.5) is 13.2 Å². The van der Waals surface area contributed by atoms with Gasteiger partial charge in [-0.2, -0.15) is 13.2 Å². The van der Waals surface area contributed by atoms with Crippen molar-refractivity contribution in [2.45, 2.75) is 19.2 Å². The standard InChI is InChI=1S/C14H11F3N2O3S/c1-7-6-23-12(19-7)10(14(15,16)17)22-13(21)9-4-2-8(3-5-9)11(18)20/h2-6,10H,1H3,(H2,18,20)/t10-/m0/s1. The van der Waals surface area contributed by atoms with Crippen molar-refractivity contribution in [2.24, 2.45) is 5.73 Å². The predicted molar refractivity (Wildman–Crippen MR) is 76.0 cm³/mol. The van der Waals surface area contributed by atoms with Gasteiger partial charge in [0.2, 0.25) is 12.0 Å². The van der Waals surface area contributed by atoms with E-state index in [4.69, 9.17) is 5.73 Å². The summed E-state index contributed by atoms with van der Waals surface area (Å²) in [5.41, 5.74) is 5.45. The lowest BCUT2D eigenvalue weighted by molar-refractivity contribution is -0.207. The second-order valence-electron chi connectivity index (χ2n) is 4.60. The third-order valence-corrected chi connectivity index (χ3v) is 3.79. The Morgan fingerprint density at radius 1 is 1.22 bits per heavy atom. The number of rotatable bonds is 4. The molecule has 0 aliphatic heterocycles. The maximum atomic E-state index is 13.1. The second-order valence-corrected chi connectivity index (χ2v) is 5.49. The molecule has 0 aliphatic carbocycles. The van der Waals surface area contributed by atoms with Crippen molar-refractivity contribution in [3.8, 4) is 0 Å². The van der Waals surface area contributed by atoms with Gasteiger partial charge in [0.05, 0.1) is 5.56 Å². The number of aryl methyl sites for hydroxylation is 1. The van der Waals surface area contributed by atoms with Crippen LogP contribution < -0.4 is 5.73 Å². The zero-order chi connectivity index (χ0) is 17.2. The number of carbonyl (C=O) groups is 2. The van der Waals surface area contributed by atoms with Gasteiger partial charge in [-0.15, -0.1) is 11.3 Å². The molecule has 0 radical (unpaired) electrons. The smallest absolute Gasteiger partial charge is 0.432 e. The van der Waals surface area contributed by atoms with Crippen LogP contribution in [0.25, 0.3) is 0 Å². The molecule has 1 atom stereocenters. The topological polar surface area (TPSA) is 82.3 Å². The van der Waals surface area contributed by atoms with Gasteiger partial charge in [0.25, 0.3) is 0 Å². The molecule has 1 amide bonds. The Balaban J connectivity index is 2.22. The number of esters is 1. The third kappa shape index (κ3) is 4.07. The number of hydrogen-bond acceptors (Lipinski definition) is 5. The molecule has 23 heavy (non-hydrogen) atoms. The Labute approximate surface area is 132 Å². The SMILES string of the molecule is Cc1csc([C@H](OC(=O)c2ccc(C(N)=O)cc2)C(F)(F)F)n1. The molecule has 2 aromatic rings. The fraction of sp³-hybridized carbons (Fsp3) is 0.214. The molecule has 5 nitrogen and oxygen atoms in total. The highest BCUT2D eigenvalue weighted by Gasteiger charge is 2.46. The summed E-state index contributed by atoms with van der Waals surface area (Å²) in [6.07, 6.45) is -7.22. The van der Waals surface area contributed by atoms with Crippen molar-refractivity contribution in [1.29, 1.82) is 0 Å². The Bertz CT molecular complexity index is 726. The molecule has 0 bridgehead atoms. The number of primary amides is 1. The fourth-order valence-corrected chi connectivity index (χ4v) is 2.54. The summed E-state index contributed by atoms with van der Waals surface area (Å²) in [6, 6.07) is 4.80. The number of carbonyl (C=O) groups excluding carboxylic acids is 2. The van der Waals surface area contributed by atoms with Crippen LogP contribution in [0.1, 0.15) is 37.5 Å². The van der Waals surface area contributed by atoms with E-state index >= 15 is 0 Å². The van der Waals surface area contributed by atoms with E-state index in [1.807, 2.05) is 0 Å². The molecule has 1 aromatic heterocycles. The van der Waals surface area contributed by atoms with Crippen molar-refractivity contribution in [2.75, 3.05) is 0 Å². The van der Waals surface area contributed by atoms with Gasteiger partial charge in [-0.05, 0) is 31.2 Å². The fourth-order valence-electron chi connectivity index (χ4n) is 1.70. The van der Waals surface area contributed by atoms with Crippen LogP contribution in [0, 0.1) is 6.92 Å². The number of amides is 1. The molecule has 1 heterocycles. The number of hydrogen-bond donors (Lipinski definition) is 1. The van der Waals surface area contributed by atoms with Crippen molar-refractivity contribution in [3.05, 3.63) is 51.5 Å². The quantitative estimate of drug-likeness (QED) is 0.865. The first kappa shape index (κ1) is 16.9. The normalized spacial score (nSPS) is 12.7. The Kier molecular flexibility index (Phi) is 4.69. The highest BCUT2D eigenvalue weighted by molar-refractivity contribution is 7.09. The summed E-state index contributed by atoms with van der Waals surface area (Å²) in [7, 11) is 0. The Morgan fingerprint density at radius 3 is 2.22 bits per heavy atom. The molecule has 2 N–H and O–H groups in total. The number of alkyl halides is 3. The van der Waals surface area contributed by atoms with Crippen LogP contribution in [-0.2, 0) is 4.74 Å². The minimum Gasteiger partial charge on any atom is -0.442 e. The van der Waals surface area contributed by atoms with Crippen LogP contribution in [0.5, 0.6) is 0 Å². The van der Waals surface area contributed by atoms with E-state index in [1.165, 1.54) is 36.6 Å². The number of aromatic nitrogens is 1. The Hall–Kier alpha value is -2.42. The first-order valence-corrected chi connectivity index (χ1v) is 7.16. The van der Waals surface area contributed by atoms with Gasteiger partial charge in [-0.3, -0.25) is 4.79 Å². The van der Waals surface area contributed by atoms with E-state index < -0.39 is 24.2 Å². The van der Waals surface area contributed by atoms with Crippen LogP contribution in [-0.4, -0.2) is 23.0 Å². The largest absolute Gasteiger partial charge is 0.442 e. The monoisotopic (exact) mass is 344 g/mol. The van der Waals surface area contributed by atoms with Crippen molar-refractivity contribution < 1.29 is 27.5 Å². The first-order valence-electron chi connectivity index (χ1n) is 6.28.